The van der Waals surface area contributed by atoms with E-state index in [-0.39, 0.29) is 18.0 Å². The highest BCUT2D eigenvalue weighted by Gasteiger charge is 2.25. The third kappa shape index (κ3) is 6.02. The van der Waals surface area contributed by atoms with E-state index in [1.54, 1.807) is 55.0 Å². The predicted octanol–water partition coefficient (Wildman–Crippen LogP) is 5.16. The second-order valence-electron chi connectivity index (χ2n) is 7.57. The maximum absolute atomic E-state index is 13.5. The first-order valence-corrected chi connectivity index (χ1v) is 13.2. The molecule has 6 nitrogen and oxygen atoms in total. The second kappa shape index (κ2) is 11.3. The van der Waals surface area contributed by atoms with Gasteiger partial charge in [0.25, 0.3) is 0 Å². The number of nitrogens with zero attached hydrogens (tertiary/aromatic N) is 2. The fraction of sp³-hybridized carbons (Fsp3) is 0.192. The third-order valence-corrected chi connectivity index (χ3v) is 7.96. The first-order chi connectivity index (χ1) is 16.6. The number of rotatable bonds is 11. The Morgan fingerprint density at radius 3 is 2.44 bits per heavy atom. The number of sulfonamides is 1. The van der Waals surface area contributed by atoms with Crippen LogP contribution >= 0.6 is 11.3 Å². The van der Waals surface area contributed by atoms with Crippen LogP contribution in [0.25, 0.3) is 0 Å². The maximum Gasteiger partial charge on any atom is 0.243 e. The fourth-order valence-electron chi connectivity index (χ4n) is 3.49. The molecule has 0 amide bonds. The van der Waals surface area contributed by atoms with Crippen LogP contribution in [0.15, 0.2) is 95.3 Å². The van der Waals surface area contributed by atoms with Gasteiger partial charge in [-0.3, -0.25) is 4.98 Å². The normalized spacial score (nSPS) is 11.5. The minimum atomic E-state index is -3.74. The van der Waals surface area contributed by atoms with Crippen molar-refractivity contribution in [3.05, 3.63) is 107 Å². The molecular weight excluding hydrogens is 468 g/mol. The summed E-state index contributed by atoms with van der Waals surface area (Å²) in [4.78, 5) is 5.82. The van der Waals surface area contributed by atoms with Crippen molar-refractivity contribution in [3.8, 4) is 11.5 Å². The molecule has 0 aliphatic heterocycles. The molecule has 0 saturated heterocycles. The molecule has 8 heteroatoms. The molecule has 0 saturated carbocycles. The van der Waals surface area contributed by atoms with E-state index in [1.165, 1.54) is 9.18 Å². The van der Waals surface area contributed by atoms with Crippen LogP contribution in [0.1, 0.15) is 16.1 Å². The summed E-state index contributed by atoms with van der Waals surface area (Å²) in [6, 6.07) is 23.5. The van der Waals surface area contributed by atoms with Crippen molar-refractivity contribution in [1.29, 1.82) is 0 Å². The van der Waals surface area contributed by atoms with Gasteiger partial charge in [0.05, 0.1) is 30.9 Å². The molecule has 0 radical (unpaired) electrons. The Bertz CT molecular complexity index is 1280. The molecule has 0 bridgehead atoms. The van der Waals surface area contributed by atoms with E-state index < -0.39 is 10.0 Å². The van der Waals surface area contributed by atoms with Crippen molar-refractivity contribution in [2.75, 3.05) is 13.7 Å². The van der Waals surface area contributed by atoms with E-state index in [0.29, 0.717) is 23.8 Å². The van der Waals surface area contributed by atoms with Gasteiger partial charge < -0.3 is 9.47 Å². The van der Waals surface area contributed by atoms with Crippen molar-refractivity contribution in [3.63, 3.8) is 0 Å². The molecule has 0 fully saturated rings. The van der Waals surface area contributed by atoms with Crippen LogP contribution in [0, 0.1) is 0 Å². The summed E-state index contributed by atoms with van der Waals surface area (Å²) >= 11 is 1.70. The van der Waals surface area contributed by atoms with Crippen molar-refractivity contribution in [2.45, 2.75) is 24.4 Å². The van der Waals surface area contributed by atoms with Gasteiger partial charge in [0.2, 0.25) is 10.0 Å². The summed E-state index contributed by atoms with van der Waals surface area (Å²) < 4.78 is 39.8. The van der Waals surface area contributed by atoms with Gasteiger partial charge >= 0.3 is 0 Å². The van der Waals surface area contributed by atoms with Gasteiger partial charge in [0, 0.05) is 24.0 Å². The quantitative estimate of drug-likeness (QED) is 0.288. The first-order valence-electron chi connectivity index (χ1n) is 10.8. The van der Waals surface area contributed by atoms with Gasteiger partial charge in [-0.15, -0.1) is 11.3 Å². The Labute approximate surface area is 204 Å². The zero-order valence-corrected chi connectivity index (χ0v) is 20.5. The molecule has 0 aliphatic carbocycles. The van der Waals surface area contributed by atoms with Crippen LogP contribution in [0.4, 0.5) is 0 Å². The zero-order chi connectivity index (χ0) is 23.8. The maximum atomic E-state index is 13.5. The Hall–Kier alpha value is -3.20. The Morgan fingerprint density at radius 1 is 0.912 bits per heavy atom. The summed E-state index contributed by atoms with van der Waals surface area (Å²) in [5, 5.41) is 2.05. The summed E-state index contributed by atoms with van der Waals surface area (Å²) in [5.74, 6) is 1.20. The smallest absolute Gasteiger partial charge is 0.243 e. The van der Waals surface area contributed by atoms with Gasteiger partial charge in [-0.1, -0.05) is 36.4 Å². The molecular formula is C26H26N2O4S2. The molecule has 34 heavy (non-hydrogen) atoms. The van der Waals surface area contributed by atoms with Crippen LogP contribution in [0.2, 0.25) is 0 Å². The third-order valence-electron chi connectivity index (χ3n) is 5.22. The molecule has 0 unspecified atom stereocenters. The monoisotopic (exact) mass is 494 g/mol. The highest BCUT2D eigenvalue weighted by atomic mass is 32.2. The molecule has 0 aliphatic rings. The standard InChI is InChI=1S/C26H26N2O4S2/c1-31-26-18-21(12-13-25(26)32-16-14-23-9-7-17-33-23)19-28(20-22-8-5-6-15-27-22)34(29,30)24-10-3-2-4-11-24/h2-13,15,17-18H,14,16,19-20H2,1H3. The van der Waals surface area contributed by atoms with E-state index in [4.69, 9.17) is 9.47 Å². The lowest BCUT2D eigenvalue weighted by molar-refractivity contribution is 0.298. The van der Waals surface area contributed by atoms with Crippen LogP contribution in [-0.2, 0) is 29.5 Å². The second-order valence-corrected chi connectivity index (χ2v) is 10.5. The molecule has 2 aromatic heterocycles. The van der Waals surface area contributed by atoms with Crippen molar-refractivity contribution in [2.24, 2.45) is 0 Å². The highest BCUT2D eigenvalue weighted by molar-refractivity contribution is 7.89. The van der Waals surface area contributed by atoms with E-state index in [1.807, 2.05) is 47.8 Å². The van der Waals surface area contributed by atoms with Gasteiger partial charge in [-0.25, -0.2) is 8.42 Å². The van der Waals surface area contributed by atoms with Crippen molar-refractivity contribution >= 4 is 21.4 Å². The lowest BCUT2D eigenvalue weighted by atomic mass is 10.2. The van der Waals surface area contributed by atoms with Gasteiger partial charge in [0.15, 0.2) is 11.5 Å². The molecule has 0 spiro atoms. The summed E-state index contributed by atoms with van der Waals surface area (Å²) in [5.41, 5.74) is 1.46. The van der Waals surface area contributed by atoms with Crippen molar-refractivity contribution in [1.82, 2.24) is 9.29 Å². The zero-order valence-electron chi connectivity index (χ0n) is 18.8. The summed E-state index contributed by atoms with van der Waals surface area (Å²) in [6.45, 7) is 0.851. The van der Waals surface area contributed by atoms with Crippen LogP contribution in [-0.4, -0.2) is 31.4 Å². The lowest BCUT2D eigenvalue weighted by Gasteiger charge is -2.23. The number of methoxy groups -OCH3 is 1. The van der Waals surface area contributed by atoms with E-state index in [0.717, 1.165) is 12.0 Å². The molecule has 2 aromatic carbocycles. The van der Waals surface area contributed by atoms with Gasteiger partial charge in [-0.05, 0) is 53.4 Å². The van der Waals surface area contributed by atoms with Gasteiger partial charge in [-0.2, -0.15) is 4.31 Å². The van der Waals surface area contributed by atoms with Crippen LogP contribution < -0.4 is 9.47 Å². The fourth-order valence-corrected chi connectivity index (χ4v) is 5.60. The molecule has 2 heterocycles. The van der Waals surface area contributed by atoms with Crippen molar-refractivity contribution < 1.29 is 17.9 Å². The van der Waals surface area contributed by atoms with E-state index in [2.05, 4.69) is 11.1 Å². The topological polar surface area (TPSA) is 68.7 Å². The summed E-state index contributed by atoms with van der Waals surface area (Å²) in [6.07, 6.45) is 2.48. The molecule has 176 valence electrons. The predicted molar refractivity (Wildman–Crippen MR) is 134 cm³/mol. The average molecular weight is 495 g/mol. The van der Waals surface area contributed by atoms with E-state index in [9.17, 15) is 8.42 Å². The summed E-state index contributed by atoms with van der Waals surface area (Å²) in [7, 11) is -2.16. The largest absolute Gasteiger partial charge is 0.493 e. The highest BCUT2D eigenvalue weighted by Crippen LogP contribution is 2.30. The number of thiophene rings is 1. The number of hydrogen-bond acceptors (Lipinski definition) is 6. The molecule has 4 rings (SSSR count). The minimum Gasteiger partial charge on any atom is -0.493 e. The Kier molecular flexibility index (Phi) is 7.95. The number of pyridine rings is 1. The SMILES string of the molecule is COc1cc(CN(Cc2ccccn2)S(=O)(=O)c2ccccc2)ccc1OCCc1cccs1. The minimum absolute atomic E-state index is 0.152. The first kappa shape index (κ1) is 23.9. The van der Waals surface area contributed by atoms with Gasteiger partial charge in [0.1, 0.15) is 0 Å². The molecule has 0 N–H and O–H groups in total. The number of benzene rings is 2. The van der Waals surface area contributed by atoms with Crippen LogP contribution in [0.5, 0.6) is 11.5 Å². The molecule has 0 atom stereocenters. The lowest BCUT2D eigenvalue weighted by Crippen LogP contribution is -2.30. The van der Waals surface area contributed by atoms with E-state index >= 15 is 0 Å². The Balaban J connectivity index is 1.55. The average Bonchev–Trinajstić information content (AvgIpc) is 3.39. The Morgan fingerprint density at radius 2 is 1.74 bits per heavy atom. The number of hydrogen-bond donors (Lipinski definition) is 0. The molecule has 4 aromatic rings. The number of ether oxygens (including phenoxy) is 2. The van der Waals surface area contributed by atoms with Crippen LogP contribution in [0.3, 0.4) is 0 Å². The number of aromatic nitrogens is 1.